The third-order valence-corrected chi connectivity index (χ3v) is 3.48. The van der Waals surface area contributed by atoms with E-state index in [9.17, 15) is 4.79 Å². The van der Waals surface area contributed by atoms with Gasteiger partial charge in [-0.05, 0) is 19.3 Å². The van der Waals surface area contributed by atoms with Crippen molar-refractivity contribution >= 4 is 5.97 Å². The van der Waals surface area contributed by atoms with Crippen LogP contribution in [0.2, 0.25) is 0 Å². The van der Waals surface area contributed by atoms with Gasteiger partial charge in [-0.3, -0.25) is 4.68 Å². The quantitative estimate of drug-likeness (QED) is 0.821. The van der Waals surface area contributed by atoms with Crippen LogP contribution in [0.25, 0.3) is 0 Å². The summed E-state index contributed by atoms with van der Waals surface area (Å²) in [6, 6.07) is 0.392. The van der Waals surface area contributed by atoms with E-state index in [1.165, 1.54) is 6.42 Å². The lowest BCUT2D eigenvalue weighted by Gasteiger charge is -2.28. The topological polar surface area (TPSA) is 64.3 Å². The predicted molar refractivity (Wildman–Crippen MR) is 55.4 cm³/mol. The van der Waals surface area contributed by atoms with Crippen molar-refractivity contribution in [2.24, 2.45) is 0 Å². The highest BCUT2D eigenvalue weighted by atomic mass is 16.5. The number of hydrogen-bond donors (Lipinski definition) is 1. The molecule has 0 saturated heterocycles. The first-order valence-electron chi connectivity index (χ1n) is 5.68. The zero-order valence-corrected chi connectivity index (χ0v) is 8.98. The van der Waals surface area contributed by atoms with Crippen molar-refractivity contribution in [2.75, 3.05) is 6.61 Å². The summed E-state index contributed by atoms with van der Waals surface area (Å²) in [4.78, 5) is 11.1. The molecule has 0 bridgehead atoms. The molecular formula is C11H14N2O3. The summed E-state index contributed by atoms with van der Waals surface area (Å²) in [5, 5.41) is 13.4. The maximum atomic E-state index is 11.1. The van der Waals surface area contributed by atoms with Gasteiger partial charge in [-0.25, -0.2) is 4.79 Å². The third-order valence-electron chi connectivity index (χ3n) is 3.48. The first-order chi connectivity index (χ1) is 7.77. The van der Waals surface area contributed by atoms with Crippen LogP contribution < -0.4 is 0 Å². The molecule has 0 unspecified atom stereocenters. The zero-order valence-electron chi connectivity index (χ0n) is 8.98. The molecule has 0 radical (unpaired) electrons. The van der Waals surface area contributed by atoms with Gasteiger partial charge in [-0.1, -0.05) is 0 Å². The van der Waals surface area contributed by atoms with E-state index in [0.717, 1.165) is 24.1 Å². The van der Waals surface area contributed by atoms with Gasteiger partial charge in [0.05, 0.1) is 24.9 Å². The SMILES string of the molecule is O=C(O)c1nn(C2CCC2)c2c1CCOC2. The molecule has 0 atom stereocenters. The molecule has 1 fully saturated rings. The van der Waals surface area contributed by atoms with Crippen molar-refractivity contribution in [1.29, 1.82) is 0 Å². The monoisotopic (exact) mass is 222 g/mol. The van der Waals surface area contributed by atoms with E-state index in [2.05, 4.69) is 5.10 Å². The molecule has 0 aromatic carbocycles. The van der Waals surface area contributed by atoms with E-state index >= 15 is 0 Å². The molecule has 1 aliphatic heterocycles. The highest BCUT2D eigenvalue weighted by molar-refractivity contribution is 5.87. The molecule has 1 N–H and O–H groups in total. The second-order valence-corrected chi connectivity index (χ2v) is 4.41. The summed E-state index contributed by atoms with van der Waals surface area (Å²) in [5.41, 5.74) is 2.09. The Morgan fingerprint density at radius 3 is 2.94 bits per heavy atom. The Morgan fingerprint density at radius 1 is 1.50 bits per heavy atom. The van der Waals surface area contributed by atoms with Gasteiger partial charge < -0.3 is 9.84 Å². The van der Waals surface area contributed by atoms with Crippen molar-refractivity contribution in [2.45, 2.75) is 38.3 Å². The van der Waals surface area contributed by atoms with Crippen LogP contribution in [-0.4, -0.2) is 27.5 Å². The summed E-state index contributed by atoms with van der Waals surface area (Å²) in [5.74, 6) is -0.920. The number of carbonyl (C=O) groups is 1. The van der Waals surface area contributed by atoms with Crippen molar-refractivity contribution < 1.29 is 14.6 Å². The summed E-state index contributed by atoms with van der Waals surface area (Å²) < 4.78 is 7.28. The third kappa shape index (κ3) is 1.35. The molecule has 0 amide bonds. The molecule has 1 aromatic rings. The number of carboxylic acid groups (broad SMARTS) is 1. The van der Waals surface area contributed by atoms with Gasteiger partial charge in [0.15, 0.2) is 5.69 Å². The molecule has 1 aromatic heterocycles. The number of ether oxygens (including phenoxy) is 1. The lowest BCUT2D eigenvalue weighted by atomic mass is 9.93. The number of fused-ring (bicyclic) bond motifs is 1. The lowest BCUT2D eigenvalue weighted by molar-refractivity contribution is 0.0685. The molecule has 2 aliphatic rings. The first-order valence-corrected chi connectivity index (χ1v) is 5.68. The van der Waals surface area contributed by atoms with Crippen LogP contribution in [0.5, 0.6) is 0 Å². The molecule has 5 nitrogen and oxygen atoms in total. The minimum absolute atomic E-state index is 0.227. The van der Waals surface area contributed by atoms with Gasteiger partial charge in [0.2, 0.25) is 0 Å². The van der Waals surface area contributed by atoms with Gasteiger partial charge in [-0.2, -0.15) is 5.10 Å². The van der Waals surface area contributed by atoms with Crippen LogP contribution in [0.15, 0.2) is 0 Å². The fourth-order valence-electron chi connectivity index (χ4n) is 2.37. The molecule has 86 valence electrons. The molecule has 1 aliphatic carbocycles. The fourth-order valence-corrected chi connectivity index (χ4v) is 2.37. The molecule has 3 rings (SSSR count). The van der Waals surface area contributed by atoms with E-state index < -0.39 is 5.97 Å². The Kier molecular flexibility index (Phi) is 2.21. The number of carboxylic acids is 1. The van der Waals surface area contributed by atoms with Crippen LogP contribution in [0.3, 0.4) is 0 Å². The minimum atomic E-state index is -0.920. The van der Waals surface area contributed by atoms with Gasteiger partial charge in [0, 0.05) is 12.0 Å². The van der Waals surface area contributed by atoms with Crippen molar-refractivity contribution in [3.63, 3.8) is 0 Å². The van der Waals surface area contributed by atoms with Gasteiger partial charge in [0.25, 0.3) is 0 Å². The Labute approximate surface area is 93.0 Å². The summed E-state index contributed by atoms with van der Waals surface area (Å²) >= 11 is 0. The average molecular weight is 222 g/mol. The molecule has 5 heteroatoms. The van der Waals surface area contributed by atoms with E-state index in [4.69, 9.17) is 9.84 Å². The number of rotatable bonds is 2. The summed E-state index contributed by atoms with van der Waals surface area (Å²) in [6.07, 6.45) is 4.09. The molecule has 2 heterocycles. The van der Waals surface area contributed by atoms with Crippen LogP contribution in [0.4, 0.5) is 0 Å². The van der Waals surface area contributed by atoms with E-state index in [0.29, 0.717) is 25.7 Å². The molecular weight excluding hydrogens is 208 g/mol. The molecule has 16 heavy (non-hydrogen) atoms. The van der Waals surface area contributed by atoms with Crippen LogP contribution in [-0.2, 0) is 17.8 Å². The Hall–Kier alpha value is -1.36. The largest absolute Gasteiger partial charge is 0.476 e. The van der Waals surface area contributed by atoms with Crippen LogP contribution in [0, 0.1) is 0 Å². The zero-order chi connectivity index (χ0) is 11.1. The highest BCUT2D eigenvalue weighted by Crippen LogP contribution is 2.34. The number of aromatic nitrogens is 2. The highest BCUT2D eigenvalue weighted by Gasteiger charge is 2.30. The maximum absolute atomic E-state index is 11.1. The van der Waals surface area contributed by atoms with Crippen LogP contribution in [0.1, 0.15) is 47.1 Å². The lowest BCUT2D eigenvalue weighted by Crippen LogP contribution is -2.22. The Bertz CT molecular complexity index is 435. The normalized spacial score (nSPS) is 20.2. The van der Waals surface area contributed by atoms with Crippen molar-refractivity contribution in [3.05, 3.63) is 17.0 Å². The smallest absolute Gasteiger partial charge is 0.356 e. The second-order valence-electron chi connectivity index (χ2n) is 4.41. The fraction of sp³-hybridized carbons (Fsp3) is 0.636. The standard InChI is InChI=1S/C11H14N2O3/c14-11(15)10-8-4-5-16-6-9(8)13(12-10)7-2-1-3-7/h7H,1-6H2,(H,14,15). The maximum Gasteiger partial charge on any atom is 0.356 e. The van der Waals surface area contributed by atoms with E-state index in [1.54, 1.807) is 0 Å². The van der Waals surface area contributed by atoms with Crippen LogP contribution >= 0.6 is 0 Å². The first kappa shape index (κ1) is 9.84. The number of nitrogens with zero attached hydrogens (tertiary/aromatic N) is 2. The minimum Gasteiger partial charge on any atom is -0.476 e. The van der Waals surface area contributed by atoms with Gasteiger partial charge in [-0.15, -0.1) is 0 Å². The number of aromatic carboxylic acids is 1. The van der Waals surface area contributed by atoms with Crippen molar-refractivity contribution in [1.82, 2.24) is 9.78 Å². The van der Waals surface area contributed by atoms with E-state index in [-0.39, 0.29) is 5.69 Å². The second kappa shape index (κ2) is 3.59. The van der Waals surface area contributed by atoms with Gasteiger partial charge >= 0.3 is 5.97 Å². The van der Waals surface area contributed by atoms with Gasteiger partial charge in [0.1, 0.15) is 0 Å². The Morgan fingerprint density at radius 2 is 2.31 bits per heavy atom. The van der Waals surface area contributed by atoms with E-state index in [1.807, 2.05) is 4.68 Å². The van der Waals surface area contributed by atoms with Crippen molar-refractivity contribution in [3.8, 4) is 0 Å². The summed E-state index contributed by atoms with van der Waals surface area (Å²) in [6.45, 7) is 1.11. The summed E-state index contributed by atoms with van der Waals surface area (Å²) in [7, 11) is 0. The Balaban J connectivity index is 2.07. The molecule has 1 saturated carbocycles. The average Bonchev–Trinajstić information content (AvgIpc) is 2.56. The molecule has 0 spiro atoms. The predicted octanol–water partition coefficient (Wildman–Crippen LogP) is 1.38. The number of hydrogen-bond acceptors (Lipinski definition) is 3.